The summed E-state index contributed by atoms with van der Waals surface area (Å²) >= 11 is 0. The van der Waals surface area contributed by atoms with Crippen molar-refractivity contribution < 1.29 is 5.11 Å². The summed E-state index contributed by atoms with van der Waals surface area (Å²) in [5, 5.41) is 9.39. The van der Waals surface area contributed by atoms with Crippen LogP contribution in [0, 0.1) is 11.8 Å². The van der Waals surface area contributed by atoms with E-state index in [2.05, 4.69) is 55.4 Å². The van der Waals surface area contributed by atoms with Crippen LogP contribution >= 0.6 is 0 Å². The Morgan fingerprint density at radius 1 is 0.778 bits per heavy atom. The third-order valence-electron chi connectivity index (χ3n) is 1.91. The molecule has 0 heterocycles. The summed E-state index contributed by atoms with van der Waals surface area (Å²) in [6.07, 6.45) is 3.45. The monoisotopic (exact) mass is 264 g/mol. The average Bonchev–Trinajstić information content (AvgIpc) is 2.31. The third kappa shape index (κ3) is 36.0. The number of aliphatic hydroxyl groups excluding tert-OH is 1. The van der Waals surface area contributed by atoms with E-state index in [-0.39, 0.29) is 13.5 Å². The molecule has 2 atom stereocenters. The molecule has 0 spiro atoms. The zero-order valence-electron chi connectivity index (χ0n) is 14.3. The molecule has 0 aromatic carbocycles. The lowest BCUT2D eigenvalue weighted by atomic mass is 9.93. The van der Waals surface area contributed by atoms with Gasteiger partial charge in [-0.15, -0.1) is 0 Å². The zero-order chi connectivity index (χ0) is 14.9. The summed E-state index contributed by atoms with van der Waals surface area (Å²) in [7, 11) is 0. The van der Waals surface area contributed by atoms with Crippen molar-refractivity contribution in [3.8, 4) is 0 Å². The van der Waals surface area contributed by atoms with Gasteiger partial charge in [0.05, 0.1) is 6.10 Å². The minimum Gasteiger partial charge on any atom is -0.393 e. The van der Waals surface area contributed by atoms with Crippen molar-refractivity contribution in [2.75, 3.05) is 0 Å². The van der Waals surface area contributed by atoms with Crippen LogP contribution in [0.4, 0.5) is 0 Å². The fourth-order valence-electron chi connectivity index (χ4n) is 0.899. The van der Waals surface area contributed by atoms with E-state index in [1.165, 1.54) is 12.8 Å². The lowest BCUT2D eigenvalue weighted by Crippen LogP contribution is -2.22. The van der Waals surface area contributed by atoms with Gasteiger partial charge in [0.2, 0.25) is 0 Å². The predicted molar refractivity (Wildman–Crippen MR) is 90.3 cm³/mol. The largest absolute Gasteiger partial charge is 0.393 e. The van der Waals surface area contributed by atoms with Crippen LogP contribution in [0.5, 0.6) is 0 Å². The van der Waals surface area contributed by atoms with Crippen molar-refractivity contribution in [1.82, 2.24) is 0 Å². The Hall–Kier alpha value is -0.0400. The molecule has 0 rings (SSSR count). The predicted octanol–water partition coefficient (Wildman–Crippen LogP) is 6.54. The van der Waals surface area contributed by atoms with Crippen molar-refractivity contribution >= 4 is 0 Å². The second-order valence-corrected chi connectivity index (χ2v) is 4.53. The summed E-state index contributed by atoms with van der Waals surface area (Å²) < 4.78 is 0. The van der Waals surface area contributed by atoms with Gasteiger partial charge < -0.3 is 5.11 Å². The molecule has 0 fully saturated rings. The molecule has 1 N–H and O–H groups in total. The van der Waals surface area contributed by atoms with E-state index in [0.717, 1.165) is 6.42 Å². The molecule has 18 heavy (non-hydrogen) atoms. The van der Waals surface area contributed by atoms with Crippen LogP contribution in [0.25, 0.3) is 0 Å². The standard InChI is InChI=1S/C8H18O.2C3H8.C2H6.CH4/c1-5-7(4)8(9)6(2)3;2*1-3-2;1-2;/h6-9H,5H2,1-4H3;2*3H2,1-2H3;1-2H3;1H4. The molecule has 0 aliphatic heterocycles. The van der Waals surface area contributed by atoms with Crippen LogP contribution < -0.4 is 0 Å². The molecule has 0 aliphatic rings. The Morgan fingerprint density at radius 2 is 1.00 bits per heavy atom. The summed E-state index contributed by atoms with van der Waals surface area (Å²) in [4.78, 5) is 0. The van der Waals surface area contributed by atoms with Crippen LogP contribution in [-0.4, -0.2) is 11.2 Å². The fraction of sp³-hybridized carbons (Fsp3) is 1.00. The third-order valence-corrected chi connectivity index (χ3v) is 1.91. The quantitative estimate of drug-likeness (QED) is 0.613. The van der Waals surface area contributed by atoms with Gasteiger partial charge in [0, 0.05) is 0 Å². The number of hydrogen-bond donors (Lipinski definition) is 1. The Bertz CT molecular complexity index is 87.6. The fourth-order valence-corrected chi connectivity index (χ4v) is 0.899. The maximum atomic E-state index is 9.39. The highest BCUT2D eigenvalue weighted by atomic mass is 16.3. The van der Waals surface area contributed by atoms with E-state index in [1.807, 2.05) is 13.8 Å². The lowest BCUT2D eigenvalue weighted by Gasteiger charge is -2.20. The van der Waals surface area contributed by atoms with E-state index < -0.39 is 0 Å². The van der Waals surface area contributed by atoms with Crippen LogP contribution in [0.15, 0.2) is 0 Å². The van der Waals surface area contributed by atoms with Crippen molar-refractivity contribution in [2.45, 2.75) is 102 Å². The normalized spacial score (nSPS) is 11.3. The summed E-state index contributed by atoms with van der Waals surface area (Å²) in [5.74, 6) is 0.852. The lowest BCUT2D eigenvalue weighted by molar-refractivity contribution is 0.0707. The smallest absolute Gasteiger partial charge is 0.0588 e. The Morgan fingerprint density at radius 3 is 1.06 bits per heavy atom. The zero-order valence-corrected chi connectivity index (χ0v) is 14.3. The van der Waals surface area contributed by atoms with Crippen molar-refractivity contribution in [2.24, 2.45) is 11.8 Å². The van der Waals surface area contributed by atoms with Crippen LogP contribution in [0.2, 0.25) is 0 Å². The first kappa shape index (κ1) is 30.8. The van der Waals surface area contributed by atoms with Gasteiger partial charge in [-0.05, 0) is 11.8 Å². The highest BCUT2D eigenvalue weighted by Crippen LogP contribution is 2.14. The molecule has 0 radical (unpaired) electrons. The summed E-state index contributed by atoms with van der Waals surface area (Å²) in [6.45, 7) is 20.8. The van der Waals surface area contributed by atoms with Gasteiger partial charge in [0.25, 0.3) is 0 Å². The second kappa shape index (κ2) is 30.2. The van der Waals surface area contributed by atoms with Gasteiger partial charge in [-0.3, -0.25) is 0 Å². The molecule has 0 amide bonds. The maximum absolute atomic E-state index is 9.39. The number of rotatable bonds is 3. The average molecular weight is 265 g/mol. The molecular weight excluding hydrogens is 220 g/mol. The Balaban J connectivity index is -0.0000000528. The van der Waals surface area contributed by atoms with Gasteiger partial charge in [-0.2, -0.15) is 0 Å². The molecule has 118 valence electrons. The molecule has 0 aromatic heterocycles. The van der Waals surface area contributed by atoms with Gasteiger partial charge in [-0.1, -0.05) is 95.9 Å². The maximum Gasteiger partial charge on any atom is 0.0588 e. The highest BCUT2D eigenvalue weighted by molar-refractivity contribution is 4.65. The van der Waals surface area contributed by atoms with Crippen molar-refractivity contribution in [1.29, 1.82) is 0 Å². The van der Waals surface area contributed by atoms with Gasteiger partial charge >= 0.3 is 0 Å². The molecule has 1 nitrogen and oxygen atoms in total. The van der Waals surface area contributed by atoms with E-state index in [0.29, 0.717) is 11.8 Å². The van der Waals surface area contributed by atoms with Crippen molar-refractivity contribution in [3.63, 3.8) is 0 Å². The van der Waals surface area contributed by atoms with Crippen LogP contribution in [0.3, 0.4) is 0 Å². The molecule has 0 aliphatic carbocycles. The van der Waals surface area contributed by atoms with Crippen LogP contribution in [0.1, 0.15) is 95.9 Å². The molecule has 1 heteroatoms. The topological polar surface area (TPSA) is 20.2 Å². The van der Waals surface area contributed by atoms with Gasteiger partial charge in [0.15, 0.2) is 0 Å². The SMILES string of the molecule is C.CC.CCC.CCC.CCC(C)C(O)C(C)C. The molecule has 0 saturated carbocycles. The van der Waals surface area contributed by atoms with Gasteiger partial charge in [0.1, 0.15) is 0 Å². The molecule has 0 saturated heterocycles. The number of aliphatic hydroxyl groups is 1. The minimum atomic E-state index is -0.116. The Kier molecular flexibility index (Phi) is 51.6. The molecule has 0 aromatic rings. The van der Waals surface area contributed by atoms with Crippen LogP contribution in [-0.2, 0) is 0 Å². The number of hydrogen-bond acceptors (Lipinski definition) is 1. The first-order valence-electron chi connectivity index (χ1n) is 7.60. The molecule has 2 unspecified atom stereocenters. The second-order valence-electron chi connectivity index (χ2n) is 4.53. The van der Waals surface area contributed by atoms with E-state index in [4.69, 9.17) is 0 Å². The highest BCUT2D eigenvalue weighted by Gasteiger charge is 2.14. The molecule has 0 bridgehead atoms. The summed E-state index contributed by atoms with van der Waals surface area (Å²) in [6, 6.07) is 0. The summed E-state index contributed by atoms with van der Waals surface area (Å²) in [5.41, 5.74) is 0. The van der Waals surface area contributed by atoms with E-state index >= 15 is 0 Å². The Labute approximate surface area is 119 Å². The minimum absolute atomic E-state index is 0. The van der Waals surface area contributed by atoms with Gasteiger partial charge in [-0.25, -0.2) is 0 Å². The van der Waals surface area contributed by atoms with E-state index in [9.17, 15) is 5.11 Å². The van der Waals surface area contributed by atoms with Crippen molar-refractivity contribution in [3.05, 3.63) is 0 Å². The molecular formula is C17H44O. The first-order chi connectivity index (χ1) is 7.92. The first-order valence-corrected chi connectivity index (χ1v) is 7.60. The van der Waals surface area contributed by atoms with E-state index in [1.54, 1.807) is 0 Å².